The Bertz CT molecular complexity index is 1760. The number of carboxylic acids is 1. The van der Waals surface area contributed by atoms with Gasteiger partial charge in [0.25, 0.3) is 23.2 Å². The molecule has 6 saturated carbocycles. The van der Waals surface area contributed by atoms with Crippen molar-refractivity contribution in [2.45, 2.75) is 154 Å². The molecule has 7 atom stereocenters. The minimum atomic E-state index is -5.14. The molecule has 0 amide bonds. The second-order valence-corrected chi connectivity index (χ2v) is 23.1. The standard InChI is InChI=1S/C10H14F2O.C10H14O2.C9H12F2O2.C9H15N.C6H14F3NO2S.C5H7BrO2.C5H10O2.Li.2H2O/c1-6(13)7-4-8-2-3-9(5-7)10(8,11)12;1-6(11)9-4-7-2-3-8(5-9)10(7)12;10-9(11)6-1-2-7(9)4-5(3-6)8(12)13;1-2-6-9(5-1)10-7-3-4-8-10;1-11-5-3-10(4-6-12-2)13(7,8)9;1-4(3-6)5(7)8-2;1-6-5-3-2-4-7-5;;;/h7-9H,2-5H2,1H3;7-9H,2-5H2,1H3;5-7H,1-4H2,(H,12,13);5H,1-4,6-8H2;3-6H2,1-2H3;1,3H2,2H3;5H,2-4H2,1H3;;2*1H2/q;;;;;;;+1;;/p-1. The van der Waals surface area contributed by atoms with Crippen molar-refractivity contribution in [3.05, 3.63) is 23.9 Å². The van der Waals surface area contributed by atoms with Crippen molar-refractivity contribution >= 4 is 56.6 Å². The Hall–Kier alpha value is -2.11. The van der Waals surface area contributed by atoms with E-state index in [2.05, 4.69) is 47.7 Å². The van der Waals surface area contributed by atoms with Crippen LogP contribution in [0.2, 0.25) is 0 Å². The van der Waals surface area contributed by atoms with Gasteiger partial charge in [-0.3, -0.25) is 19.2 Å². The number of likely N-dealkylation sites (tertiary alicyclic amines) is 1. The summed E-state index contributed by atoms with van der Waals surface area (Å²) in [7, 11) is 5.76. The first-order valence-electron chi connectivity index (χ1n) is 26.9. The summed E-state index contributed by atoms with van der Waals surface area (Å²) >= 11 is -2.08. The van der Waals surface area contributed by atoms with Crippen LogP contribution in [0.4, 0.5) is 29.2 Å². The summed E-state index contributed by atoms with van der Waals surface area (Å²) < 4.78 is 114. The van der Waals surface area contributed by atoms with Crippen LogP contribution < -0.4 is 18.9 Å². The van der Waals surface area contributed by atoms with Gasteiger partial charge in [0, 0.05) is 124 Å². The Kier molecular flexibility index (Phi) is 36.9. The van der Waals surface area contributed by atoms with E-state index in [1.54, 1.807) is 19.7 Å². The van der Waals surface area contributed by atoms with Crippen molar-refractivity contribution in [3.8, 4) is 0 Å². The molecule has 4 N–H and O–H groups in total. The van der Waals surface area contributed by atoms with Gasteiger partial charge in [0.1, 0.15) is 17.3 Å². The van der Waals surface area contributed by atoms with Crippen LogP contribution in [0.5, 0.6) is 0 Å². The van der Waals surface area contributed by atoms with Gasteiger partial charge in [-0.05, 0) is 129 Å². The zero-order chi connectivity index (χ0) is 56.8. The number of hydrogen-bond acceptors (Lipinski definition) is 13. The zero-order valence-electron chi connectivity index (χ0n) is 47.5. The molecule has 8 fully saturated rings. The maximum atomic E-state index is 13.4. The number of Topliss-reactive ketones (excluding diaryl/α,β-unsaturated/α-hetero) is 3. The van der Waals surface area contributed by atoms with Gasteiger partial charge in [-0.25, -0.2) is 22.4 Å². The number of ketones is 3. The summed E-state index contributed by atoms with van der Waals surface area (Å²) in [5.74, 6) is -7.86. The van der Waals surface area contributed by atoms with Crippen molar-refractivity contribution < 1.29 is 112 Å². The summed E-state index contributed by atoms with van der Waals surface area (Å²) in [6.07, 6.45) is 18.8. The zero-order valence-corrected chi connectivity index (χ0v) is 49.9. The summed E-state index contributed by atoms with van der Waals surface area (Å²) in [6.45, 7) is 10.0. The van der Waals surface area contributed by atoms with E-state index < -0.39 is 58.8 Å². The summed E-state index contributed by atoms with van der Waals surface area (Å²) in [5, 5.41) is 9.20. The molecule has 25 heteroatoms. The normalized spacial score (nSPS) is 29.0. The van der Waals surface area contributed by atoms with Gasteiger partial charge in [-0.1, -0.05) is 28.6 Å². The van der Waals surface area contributed by atoms with E-state index in [4.69, 9.17) is 14.6 Å². The number of hydrogen-bond donors (Lipinski definition) is 1. The number of aliphatic carboxylic acids is 1. The fourth-order valence-corrected chi connectivity index (χ4v) is 12.4. The first-order valence-corrected chi connectivity index (χ1v) is 29.4. The first kappa shape index (κ1) is 76.9. The summed E-state index contributed by atoms with van der Waals surface area (Å²) in [5.41, 5.74) is 2.07. The van der Waals surface area contributed by atoms with Crippen LogP contribution in [0.15, 0.2) is 23.9 Å². The van der Waals surface area contributed by atoms with Crippen molar-refractivity contribution in [2.24, 2.45) is 53.3 Å². The molecule has 7 unspecified atom stereocenters. The number of alkyl halides is 5. The third-order valence-electron chi connectivity index (χ3n) is 16.2. The second-order valence-electron chi connectivity index (χ2n) is 21.2. The Morgan fingerprint density at radius 2 is 1.19 bits per heavy atom. The van der Waals surface area contributed by atoms with Gasteiger partial charge in [0.2, 0.25) is 0 Å². The van der Waals surface area contributed by atoms with Crippen LogP contribution in [-0.4, -0.2) is 152 Å². The number of carboxylic acid groups (broad SMARTS) is 1. The maximum absolute atomic E-state index is 13.4. The van der Waals surface area contributed by atoms with Crippen molar-refractivity contribution in [3.63, 3.8) is 0 Å². The minimum Gasteiger partial charge on any atom is -0.870 e. The average Bonchev–Trinajstić information content (AvgIpc) is 4.25. The van der Waals surface area contributed by atoms with E-state index in [9.17, 15) is 53.2 Å². The number of methoxy groups -OCH3 is 4. The number of ether oxygens (including phenoxy) is 5. The monoisotopic (exact) mass is 1220 g/mol. The third-order valence-corrected chi connectivity index (χ3v) is 17.8. The molecule has 9 aliphatic rings. The molecule has 0 aromatic rings. The Balaban J connectivity index is 0.000000901. The van der Waals surface area contributed by atoms with Gasteiger partial charge in [-0.2, -0.15) is 4.31 Å². The maximum Gasteiger partial charge on any atom is 1.00 e. The predicted molar refractivity (Wildman–Crippen MR) is 286 cm³/mol. The molecule has 9 rings (SSSR count). The van der Waals surface area contributed by atoms with Gasteiger partial charge in [0.15, 0.2) is 6.29 Å². The summed E-state index contributed by atoms with van der Waals surface area (Å²) in [4.78, 5) is 57.2. The molecule has 0 radical (unpaired) electrons. The number of allylic oxidation sites excluding steroid dienone is 2. The van der Waals surface area contributed by atoms with Crippen LogP contribution in [-0.2, 0) is 47.7 Å². The third kappa shape index (κ3) is 24.6. The smallest absolute Gasteiger partial charge is 0.870 e. The van der Waals surface area contributed by atoms with Crippen LogP contribution in [0, 0.1) is 53.3 Å². The molecule has 7 aliphatic carbocycles. The first-order chi connectivity index (χ1) is 35.8. The van der Waals surface area contributed by atoms with Gasteiger partial charge in [0.05, 0.1) is 26.2 Å². The molecule has 0 aromatic carbocycles. The van der Waals surface area contributed by atoms with Gasteiger partial charge >= 0.3 is 30.8 Å². The number of nitrogens with zero attached hydrogens (tertiary/aromatic N) is 2. The molecule has 0 spiro atoms. The number of carbonyl (C=O) groups excluding carboxylic acids is 4. The quantitative estimate of drug-likeness (QED) is 0.0568. The van der Waals surface area contributed by atoms with Crippen LogP contribution >= 0.6 is 27.3 Å². The Labute approximate surface area is 486 Å². The molecule has 2 aliphatic heterocycles. The van der Waals surface area contributed by atoms with Gasteiger partial charge < -0.3 is 44.6 Å². The van der Waals surface area contributed by atoms with Crippen LogP contribution in [0.3, 0.4) is 0 Å². The number of esters is 1. The molecule has 2 saturated heterocycles. The molecule has 0 aromatic heterocycles. The van der Waals surface area contributed by atoms with E-state index in [0.29, 0.717) is 59.5 Å². The van der Waals surface area contributed by atoms with Crippen LogP contribution in [0.1, 0.15) is 136 Å². The number of carbonyl (C=O) groups is 5. The van der Waals surface area contributed by atoms with E-state index in [1.165, 1.54) is 73.4 Å². The molecular weight excluding hydrogens is 1140 g/mol. The minimum absolute atomic E-state index is 0. The predicted octanol–water partition coefficient (Wildman–Crippen LogP) is 8.36. The Morgan fingerprint density at radius 1 is 0.747 bits per heavy atom. The SMILES string of the molecule is C1=C(N2CCCC2)CCC1.C=C(CBr)C(=O)OC.CC(=O)C1CC2CCC(C1)C2(F)F.CC(=O)C1CC2CCC(C1)C2=O.COC1CCCO1.COCCN(CCOC)S(F)(F)F.O.O=C(O)C1CC2CCC(C1)C2(F)F.[Li+].[OH-]. The molecular formula is C54H89BrF7LiN2O13S. The molecule has 6 bridgehead atoms. The molecule has 2 heterocycles. The van der Waals surface area contributed by atoms with E-state index in [-0.39, 0.29) is 116 Å². The van der Waals surface area contributed by atoms with Crippen molar-refractivity contribution in [1.29, 1.82) is 0 Å². The Morgan fingerprint density at radius 3 is 1.49 bits per heavy atom. The van der Waals surface area contributed by atoms with E-state index in [0.717, 1.165) is 45.1 Å². The van der Waals surface area contributed by atoms with Gasteiger partial charge in [-0.15, -0.1) is 11.7 Å². The molecule has 79 heavy (non-hydrogen) atoms. The van der Waals surface area contributed by atoms with Crippen molar-refractivity contribution in [2.75, 3.05) is 79.8 Å². The van der Waals surface area contributed by atoms with Crippen LogP contribution in [0.25, 0.3) is 0 Å². The topological polar surface area (TPSA) is 220 Å². The second kappa shape index (κ2) is 38.0. The molecule has 15 nitrogen and oxygen atoms in total. The van der Waals surface area contributed by atoms with E-state index >= 15 is 0 Å². The molecule has 456 valence electrons. The fraction of sp³-hybridized carbons (Fsp3) is 0.833. The average molecular weight is 1230 g/mol. The fourth-order valence-electron chi connectivity index (χ4n) is 11.6. The van der Waals surface area contributed by atoms with Crippen molar-refractivity contribution in [1.82, 2.24) is 9.21 Å². The number of rotatable bonds is 14. The van der Waals surface area contributed by atoms with E-state index in [1.807, 2.05) is 0 Å². The number of fused-ring (bicyclic) bond motifs is 6. The number of halogens is 8. The summed E-state index contributed by atoms with van der Waals surface area (Å²) in [6, 6.07) is 0. The largest absolute Gasteiger partial charge is 1.00 e.